The molecule has 94 valence electrons. The number of ether oxygens (including phenoxy) is 1. The van der Waals surface area contributed by atoms with E-state index in [-0.39, 0.29) is 12.5 Å². The number of allylic oxidation sites excluding steroid dienone is 4. The number of methoxy groups -OCH3 is 1. The molecule has 2 aliphatic rings. The molecule has 18 heavy (non-hydrogen) atoms. The van der Waals surface area contributed by atoms with Gasteiger partial charge in [-0.3, -0.25) is 4.79 Å². The van der Waals surface area contributed by atoms with E-state index in [1.165, 1.54) is 12.7 Å². The molecule has 1 heterocycles. The lowest BCUT2D eigenvalue weighted by molar-refractivity contribution is -0.140. The van der Waals surface area contributed by atoms with Crippen molar-refractivity contribution >= 4 is 34.8 Å². The second-order valence-corrected chi connectivity index (χ2v) is 5.31. The highest BCUT2D eigenvalue weighted by Crippen LogP contribution is 2.32. The van der Waals surface area contributed by atoms with Crippen molar-refractivity contribution in [3.63, 3.8) is 0 Å². The molecule has 3 nitrogen and oxygen atoms in total. The topological polar surface area (TPSA) is 29.5 Å². The Bertz CT molecular complexity index is 489. The zero-order valence-corrected chi connectivity index (χ0v) is 11.6. The van der Waals surface area contributed by atoms with Crippen molar-refractivity contribution < 1.29 is 9.53 Å². The standard InChI is InChI=1S/C13H13NO2S2/c1-16-13(15)9-14-5-6-18-12(8-14)10-3-2-4-11(17)7-10/h2-6,8H,7,9H2,1H3. The van der Waals surface area contributed by atoms with Crippen LogP contribution in [0.2, 0.25) is 0 Å². The smallest absolute Gasteiger partial charge is 0.325 e. The first-order chi connectivity index (χ1) is 8.69. The first kappa shape index (κ1) is 13.1. The Morgan fingerprint density at radius 3 is 3.17 bits per heavy atom. The van der Waals surface area contributed by atoms with Gasteiger partial charge in [0.05, 0.1) is 7.11 Å². The number of carbonyl (C=O) groups excluding carboxylic acids is 1. The molecule has 0 atom stereocenters. The molecule has 0 aromatic rings. The van der Waals surface area contributed by atoms with Crippen LogP contribution in [0.1, 0.15) is 6.42 Å². The van der Waals surface area contributed by atoms with Crippen molar-refractivity contribution in [3.05, 3.63) is 46.5 Å². The molecule has 0 bridgehead atoms. The number of nitrogens with zero attached hydrogens (tertiary/aromatic N) is 1. The lowest BCUT2D eigenvalue weighted by Crippen LogP contribution is -2.22. The highest BCUT2D eigenvalue weighted by molar-refractivity contribution is 8.06. The second kappa shape index (κ2) is 6.02. The highest BCUT2D eigenvalue weighted by Gasteiger charge is 2.14. The Balaban J connectivity index is 2.09. The molecule has 0 saturated heterocycles. The summed E-state index contributed by atoms with van der Waals surface area (Å²) < 4.78 is 4.65. The summed E-state index contributed by atoms with van der Waals surface area (Å²) in [5.74, 6) is -0.254. The second-order valence-electron chi connectivity index (χ2n) is 3.84. The Labute approximate surface area is 116 Å². The van der Waals surface area contributed by atoms with E-state index in [0.29, 0.717) is 0 Å². The molecular weight excluding hydrogens is 266 g/mol. The minimum atomic E-state index is -0.254. The van der Waals surface area contributed by atoms with E-state index in [2.05, 4.69) is 10.8 Å². The monoisotopic (exact) mass is 279 g/mol. The average molecular weight is 279 g/mol. The molecule has 0 radical (unpaired) electrons. The van der Waals surface area contributed by atoms with Crippen LogP contribution in [0.3, 0.4) is 0 Å². The fourth-order valence-corrected chi connectivity index (χ4v) is 2.71. The van der Waals surface area contributed by atoms with Crippen LogP contribution in [-0.4, -0.2) is 29.4 Å². The molecule has 0 fully saturated rings. The zero-order valence-electron chi connectivity index (χ0n) is 9.96. The van der Waals surface area contributed by atoms with E-state index < -0.39 is 0 Å². The molecule has 1 aliphatic heterocycles. The maximum Gasteiger partial charge on any atom is 0.325 e. The summed E-state index contributed by atoms with van der Waals surface area (Å²) in [7, 11) is 1.39. The van der Waals surface area contributed by atoms with Gasteiger partial charge in [-0.2, -0.15) is 0 Å². The van der Waals surface area contributed by atoms with E-state index in [1.807, 2.05) is 34.9 Å². The summed E-state index contributed by atoms with van der Waals surface area (Å²) >= 11 is 6.84. The van der Waals surface area contributed by atoms with Gasteiger partial charge >= 0.3 is 5.97 Å². The van der Waals surface area contributed by atoms with Crippen LogP contribution in [0.25, 0.3) is 0 Å². The van der Waals surface area contributed by atoms with Crippen LogP contribution in [0.15, 0.2) is 46.5 Å². The predicted octanol–water partition coefficient (Wildman–Crippen LogP) is 2.78. The van der Waals surface area contributed by atoms with Gasteiger partial charge in [0.1, 0.15) is 6.54 Å². The molecule has 0 N–H and O–H groups in total. The molecule has 0 aromatic carbocycles. The van der Waals surface area contributed by atoms with Gasteiger partial charge in [-0.05, 0) is 17.1 Å². The molecule has 0 aromatic heterocycles. The van der Waals surface area contributed by atoms with E-state index >= 15 is 0 Å². The lowest BCUT2D eigenvalue weighted by atomic mass is 10.0. The van der Waals surface area contributed by atoms with Crippen LogP contribution in [0.4, 0.5) is 0 Å². The number of thioether (sulfide) groups is 1. The molecule has 1 aliphatic carbocycles. The first-order valence-electron chi connectivity index (χ1n) is 5.47. The van der Waals surface area contributed by atoms with Gasteiger partial charge in [-0.1, -0.05) is 36.1 Å². The van der Waals surface area contributed by atoms with Gasteiger partial charge in [0.25, 0.3) is 0 Å². The molecule has 5 heteroatoms. The van der Waals surface area contributed by atoms with Crippen LogP contribution in [0.5, 0.6) is 0 Å². The Morgan fingerprint density at radius 2 is 2.44 bits per heavy atom. The van der Waals surface area contributed by atoms with Gasteiger partial charge in [0, 0.05) is 28.6 Å². The number of hydrogen-bond acceptors (Lipinski definition) is 5. The van der Waals surface area contributed by atoms with E-state index in [0.717, 1.165) is 16.2 Å². The van der Waals surface area contributed by atoms with Crippen molar-refractivity contribution in [2.75, 3.05) is 13.7 Å². The molecule has 0 saturated carbocycles. The summed E-state index contributed by atoms with van der Waals surface area (Å²) in [5, 5.41) is 1.96. The van der Waals surface area contributed by atoms with Crippen LogP contribution in [-0.2, 0) is 9.53 Å². The molecule has 0 amide bonds. The van der Waals surface area contributed by atoms with Crippen molar-refractivity contribution in [1.82, 2.24) is 4.90 Å². The predicted molar refractivity (Wildman–Crippen MR) is 78.0 cm³/mol. The molecule has 2 rings (SSSR count). The minimum absolute atomic E-state index is 0.227. The van der Waals surface area contributed by atoms with Crippen LogP contribution >= 0.6 is 24.0 Å². The summed E-state index contributed by atoms with van der Waals surface area (Å²) in [6.07, 6.45) is 10.6. The van der Waals surface area contributed by atoms with Gasteiger partial charge in [-0.15, -0.1) is 0 Å². The summed E-state index contributed by atoms with van der Waals surface area (Å²) in [6.45, 7) is 0.227. The maximum absolute atomic E-state index is 11.2. The highest BCUT2D eigenvalue weighted by atomic mass is 32.2. The number of carbonyl (C=O) groups is 1. The normalized spacial score (nSPS) is 18.5. The van der Waals surface area contributed by atoms with Crippen LogP contribution in [0, 0.1) is 0 Å². The minimum Gasteiger partial charge on any atom is -0.468 e. The Hall–Kier alpha value is -1.33. The van der Waals surface area contributed by atoms with E-state index in [9.17, 15) is 4.79 Å². The van der Waals surface area contributed by atoms with Crippen molar-refractivity contribution in [2.45, 2.75) is 6.42 Å². The van der Waals surface area contributed by atoms with Crippen molar-refractivity contribution in [3.8, 4) is 0 Å². The summed E-state index contributed by atoms with van der Waals surface area (Å²) in [5.41, 5.74) is 1.19. The van der Waals surface area contributed by atoms with Crippen LogP contribution < -0.4 is 0 Å². The number of thiocarbonyl (C=S) groups is 1. The summed E-state index contributed by atoms with van der Waals surface area (Å²) in [6, 6.07) is 0. The summed E-state index contributed by atoms with van der Waals surface area (Å²) in [4.78, 5) is 15.1. The lowest BCUT2D eigenvalue weighted by Gasteiger charge is -2.21. The Kier molecular flexibility index (Phi) is 4.38. The van der Waals surface area contributed by atoms with E-state index in [4.69, 9.17) is 12.2 Å². The van der Waals surface area contributed by atoms with Gasteiger partial charge in [-0.25, -0.2) is 0 Å². The first-order valence-corrected chi connectivity index (χ1v) is 6.76. The number of hydrogen-bond donors (Lipinski definition) is 0. The quantitative estimate of drug-likeness (QED) is 0.585. The Morgan fingerprint density at radius 1 is 1.61 bits per heavy atom. The fourth-order valence-electron chi connectivity index (χ4n) is 1.62. The largest absolute Gasteiger partial charge is 0.468 e. The fraction of sp³-hybridized carbons (Fsp3) is 0.231. The third-order valence-electron chi connectivity index (χ3n) is 2.53. The number of rotatable bonds is 3. The zero-order chi connectivity index (χ0) is 13.0. The van der Waals surface area contributed by atoms with Gasteiger partial charge < -0.3 is 9.64 Å². The number of esters is 1. The van der Waals surface area contributed by atoms with Gasteiger partial charge in [0.15, 0.2) is 0 Å². The van der Waals surface area contributed by atoms with Crippen molar-refractivity contribution in [2.24, 2.45) is 0 Å². The molecule has 0 spiro atoms. The molecule has 0 unspecified atom stereocenters. The maximum atomic E-state index is 11.2. The van der Waals surface area contributed by atoms with Crippen molar-refractivity contribution in [1.29, 1.82) is 0 Å². The average Bonchev–Trinajstić information content (AvgIpc) is 2.39. The SMILES string of the molecule is COC(=O)CN1C=CSC(C2=CC=CC(=S)C2)=C1. The molecular formula is C13H13NO2S2. The van der Waals surface area contributed by atoms with Gasteiger partial charge in [0.2, 0.25) is 0 Å². The van der Waals surface area contributed by atoms with E-state index in [1.54, 1.807) is 11.8 Å². The third-order valence-corrected chi connectivity index (χ3v) is 3.69. The third kappa shape index (κ3) is 3.34.